The number of ether oxygens (including phenoxy) is 3. The number of fused-ring (bicyclic) bond motifs is 1. The van der Waals surface area contributed by atoms with E-state index in [4.69, 9.17) is 19.3 Å². The Morgan fingerprint density at radius 2 is 1.80 bits per heavy atom. The third-order valence-corrected chi connectivity index (χ3v) is 3.69. The highest BCUT2D eigenvalue weighted by Gasteiger charge is 2.11. The number of nitrogens with zero attached hydrogens (tertiary/aromatic N) is 1. The molecule has 0 saturated carbocycles. The van der Waals surface area contributed by atoms with Crippen LogP contribution in [0.25, 0.3) is 10.9 Å². The average Bonchev–Trinajstić information content (AvgIpc) is 2.60. The summed E-state index contributed by atoms with van der Waals surface area (Å²) in [6.07, 6.45) is 1.59. The van der Waals surface area contributed by atoms with Crippen molar-refractivity contribution < 1.29 is 24.1 Å². The van der Waals surface area contributed by atoms with Gasteiger partial charge in [0.25, 0.3) is 0 Å². The predicted molar refractivity (Wildman–Crippen MR) is 92.7 cm³/mol. The first-order valence-corrected chi connectivity index (χ1v) is 7.60. The first-order chi connectivity index (χ1) is 12.1. The molecule has 0 amide bonds. The van der Waals surface area contributed by atoms with Gasteiger partial charge in [-0.2, -0.15) is 0 Å². The Hall–Kier alpha value is -3.28. The van der Waals surface area contributed by atoms with Crippen LogP contribution in [-0.2, 0) is 11.2 Å². The minimum atomic E-state index is -0.886. The van der Waals surface area contributed by atoms with E-state index < -0.39 is 5.97 Å². The van der Waals surface area contributed by atoms with Crippen LogP contribution in [-0.4, -0.2) is 30.3 Å². The summed E-state index contributed by atoms with van der Waals surface area (Å²) in [6.45, 7) is 0. The molecule has 1 heterocycles. The van der Waals surface area contributed by atoms with Crippen LogP contribution in [0.4, 0.5) is 0 Å². The van der Waals surface area contributed by atoms with Gasteiger partial charge in [-0.3, -0.25) is 9.78 Å². The summed E-state index contributed by atoms with van der Waals surface area (Å²) >= 11 is 0. The second kappa shape index (κ2) is 7.09. The van der Waals surface area contributed by atoms with Gasteiger partial charge in [0.05, 0.1) is 26.2 Å². The van der Waals surface area contributed by atoms with Crippen LogP contribution < -0.4 is 14.2 Å². The number of hydrogen-bond donors (Lipinski definition) is 1. The normalized spacial score (nSPS) is 10.5. The topological polar surface area (TPSA) is 77.9 Å². The van der Waals surface area contributed by atoms with Crippen molar-refractivity contribution in [2.24, 2.45) is 0 Å². The lowest BCUT2D eigenvalue weighted by Crippen LogP contribution is -2.00. The SMILES string of the molecule is COc1cc2nccc(Oc3cccc(CC(=O)O)c3)c2cc1OC. The summed E-state index contributed by atoms with van der Waals surface area (Å²) in [5, 5.41) is 9.69. The Morgan fingerprint density at radius 1 is 1.04 bits per heavy atom. The van der Waals surface area contributed by atoms with Gasteiger partial charge in [-0.1, -0.05) is 12.1 Å². The lowest BCUT2D eigenvalue weighted by atomic mass is 10.1. The van der Waals surface area contributed by atoms with Crippen molar-refractivity contribution in [3.05, 3.63) is 54.2 Å². The fourth-order valence-electron chi connectivity index (χ4n) is 2.56. The number of carboxylic acids is 1. The summed E-state index contributed by atoms with van der Waals surface area (Å²) in [6, 6.07) is 12.3. The summed E-state index contributed by atoms with van der Waals surface area (Å²) in [4.78, 5) is 15.2. The van der Waals surface area contributed by atoms with Gasteiger partial charge in [-0.25, -0.2) is 0 Å². The van der Waals surface area contributed by atoms with Gasteiger partial charge in [0.15, 0.2) is 11.5 Å². The van der Waals surface area contributed by atoms with Crippen molar-refractivity contribution in [2.75, 3.05) is 14.2 Å². The van der Waals surface area contributed by atoms with Crippen LogP contribution in [0.15, 0.2) is 48.7 Å². The lowest BCUT2D eigenvalue weighted by molar-refractivity contribution is -0.136. The third kappa shape index (κ3) is 3.63. The molecule has 3 rings (SSSR count). The van der Waals surface area contributed by atoms with E-state index in [1.807, 2.05) is 0 Å². The molecule has 25 heavy (non-hydrogen) atoms. The minimum absolute atomic E-state index is 0.0562. The van der Waals surface area contributed by atoms with Crippen LogP contribution in [0.2, 0.25) is 0 Å². The van der Waals surface area contributed by atoms with Crippen molar-refractivity contribution in [3.8, 4) is 23.0 Å². The highest BCUT2D eigenvalue weighted by molar-refractivity contribution is 5.88. The molecule has 2 aromatic carbocycles. The number of carbonyl (C=O) groups is 1. The van der Waals surface area contributed by atoms with Gasteiger partial charge in [-0.05, 0) is 29.8 Å². The molecule has 0 radical (unpaired) electrons. The van der Waals surface area contributed by atoms with Gasteiger partial charge in [0.1, 0.15) is 11.5 Å². The van der Waals surface area contributed by atoms with E-state index in [9.17, 15) is 4.79 Å². The number of benzene rings is 2. The molecule has 0 unspecified atom stereocenters. The number of aromatic nitrogens is 1. The number of pyridine rings is 1. The molecule has 6 heteroatoms. The van der Waals surface area contributed by atoms with Gasteiger partial charge in [0, 0.05) is 17.6 Å². The molecule has 1 aromatic heterocycles. The zero-order valence-electron chi connectivity index (χ0n) is 13.9. The molecule has 6 nitrogen and oxygen atoms in total. The molecule has 3 aromatic rings. The molecule has 0 aliphatic rings. The van der Waals surface area contributed by atoms with E-state index in [1.54, 1.807) is 62.9 Å². The molecule has 0 saturated heterocycles. The van der Waals surface area contributed by atoms with Gasteiger partial charge >= 0.3 is 5.97 Å². The summed E-state index contributed by atoms with van der Waals surface area (Å²) < 4.78 is 16.6. The monoisotopic (exact) mass is 339 g/mol. The van der Waals surface area contributed by atoms with Crippen LogP contribution >= 0.6 is 0 Å². The van der Waals surface area contributed by atoms with Crippen molar-refractivity contribution >= 4 is 16.9 Å². The second-order valence-electron chi connectivity index (χ2n) is 5.35. The standard InChI is InChI=1S/C19H17NO5/c1-23-17-10-14-15(11-18(17)24-2)20-7-6-16(14)25-13-5-3-4-12(8-13)9-19(21)22/h3-8,10-11H,9H2,1-2H3,(H,21,22). The van der Waals surface area contributed by atoms with Crippen LogP contribution in [0.5, 0.6) is 23.0 Å². The van der Waals surface area contributed by atoms with E-state index >= 15 is 0 Å². The van der Waals surface area contributed by atoms with E-state index in [0.29, 0.717) is 34.1 Å². The number of rotatable bonds is 6. The Morgan fingerprint density at radius 3 is 2.52 bits per heavy atom. The smallest absolute Gasteiger partial charge is 0.307 e. The zero-order chi connectivity index (χ0) is 17.8. The van der Waals surface area contributed by atoms with Crippen molar-refractivity contribution in [1.82, 2.24) is 4.98 Å². The molecule has 0 fully saturated rings. The first-order valence-electron chi connectivity index (χ1n) is 7.60. The predicted octanol–water partition coefficient (Wildman–Crippen LogP) is 3.67. The van der Waals surface area contributed by atoms with E-state index in [1.165, 1.54) is 0 Å². The zero-order valence-corrected chi connectivity index (χ0v) is 13.9. The summed E-state index contributed by atoms with van der Waals surface area (Å²) in [7, 11) is 3.13. The molecule has 0 atom stereocenters. The Kier molecular flexibility index (Phi) is 4.70. The highest BCUT2D eigenvalue weighted by Crippen LogP contribution is 2.36. The molecule has 128 valence electrons. The minimum Gasteiger partial charge on any atom is -0.493 e. The maximum absolute atomic E-state index is 10.9. The van der Waals surface area contributed by atoms with Crippen molar-refractivity contribution in [3.63, 3.8) is 0 Å². The Labute approximate surface area is 144 Å². The van der Waals surface area contributed by atoms with Crippen LogP contribution in [0.3, 0.4) is 0 Å². The van der Waals surface area contributed by atoms with Crippen molar-refractivity contribution in [2.45, 2.75) is 6.42 Å². The number of methoxy groups -OCH3 is 2. The van der Waals surface area contributed by atoms with E-state index in [2.05, 4.69) is 4.98 Å². The fraction of sp³-hybridized carbons (Fsp3) is 0.158. The quantitative estimate of drug-likeness (QED) is 0.738. The summed E-state index contributed by atoms with van der Waals surface area (Å²) in [5.74, 6) is 1.43. The van der Waals surface area contributed by atoms with E-state index in [0.717, 1.165) is 5.39 Å². The maximum Gasteiger partial charge on any atom is 0.307 e. The Balaban J connectivity index is 2.00. The Bertz CT molecular complexity index is 923. The molecule has 0 aliphatic heterocycles. The lowest BCUT2D eigenvalue weighted by Gasteiger charge is -2.12. The van der Waals surface area contributed by atoms with Crippen molar-refractivity contribution in [1.29, 1.82) is 0 Å². The molecule has 0 spiro atoms. The van der Waals surface area contributed by atoms with Gasteiger partial charge in [-0.15, -0.1) is 0 Å². The maximum atomic E-state index is 10.9. The molecule has 1 N–H and O–H groups in total. The average molecular weight is 339 g/mol. The van der Waals surface area contributed by atoms with Crippen LogP contribution in [0.1, 0.15) is 5.56 Å². The van der Waals surface area contributed by atoms with Gasteiger partial charge < -0.3 is 19.3 Å². The second-order valence-corrected chi connectivity index (χ2v) is 5.35. The van der Waals surface area contributed by atoms with E-state index in [-0.39, 0.29) is 6.42 Å². The number of aliphatic carboxylic acids is 1. The first kappa shape index (κ1) is 16.6. The number of carboxylic acid groups (broad SMARTS) is 1. The molecule has 0 bridgehead atoms. The van der Waals surface area contributed by atoms with Crippen LogP contribution in [0, 0.1) is 0 Å². The third-order valence-electron chi connectivity index (χ3n) is 3.69. The molecule has 0 aliphatic carbocycles. The van der Waals surface area contributed by atoms with Gasteiger partial charge in [0.2, 0.25) is 0 Å². The number of hydrogen-bond acceptors (Lipinski definition) is 5. The molecular formula is C19H17NO5. The summed E-state index contributed by atoms with van der Waals surface area (Å²) in [5.41, 5.74) is 1.37. The largest absolute Gasteiger partial charge is 0.493 e. The fourth-order valence-corrected chi connectivity index (χ4v) is 2.56. The molecular weight excluding hydrogens is 322 g/mol. The highest BCUT2D eigenvalue weighted by atomic mass is 16.5.